The predicted octanol–water partition coefficient (Wildman–Crippen LogP) is 1.37. The maximum atomic E-state index is 12.1. The lowest BCUT2D eigenvalue weighted by molar-refractivity contribution is 0.103. The Labute approximate surface area is 103 Å². The summed E-state index contributed by atoms with van der Waals surface area (Å²) in [5.41, 5.74) is 12.1. The Bertz CT molecular complexity index is 550. The number of aromatic nitrogens is 2. The van der Waals surface area contributed by atoms with Crippen molar-refractivity contribution in [2.24, 2.45) is 5.73 Å². The number of anilines is 1. The van der Waals surface area contributed by atoms with Crippen LogP contribution < -0.4 is 11.5 Å². The van der Waals surface area contributed by atoms with Crippen LogP contribution >= 0.6 is 11.3 Å². The van der Waals surface area contributed by atoms with Gasteiger partial charge >= 0.3 is 0 Å². The molecule has 0 fully saturated rings. The van der Waals surface area contributed by atoms with Crippen LogP contribution in [0.1, 0.15) is 34.0 Å². The molecule has 0 bridgehead atoms. The third kappa shape index (κ3) is 2.32. The SMILES string of the molecule is CC(N)c1nc(C(=O)c2cccnc2N)cs1. The van der Waals surface area contributed by atoms with Gasteiger partial charge < -0.3 is 11.5 Å². The van der Waals surface area contributed by atoms with Crippen molar-refractivity contribution in [1.29, 1.82) is 0 Å². The molecule has 2 heterocycles. The summed E-state index contributed by atoms with van der Waals surface area (Å²) in [6.45, 7) is 1.82. The second-order valence-electron chi connectivity index (χ2n) is 3.62. The Morgan fingerprint density at radius 1 is 1.53 bits per heavy atom. The molecule has 4 N–H and O–H groups in total. The normalized spacial score (nSPS) is 12.4. The molecule has 0 radical (unpaired) electrons. The van der Waals surface area contributed by atoms with E-state index in [1.165, 1.54) is 11.3 Å². The number of carbonyl (C=O) groups is 1. The number of ketones is 1. The summed E-state index contributed by atoms with van der Waals surface area (Å²) < 4.78 is 0. The van der Waals surface area contributed by atoms with E-state index in [0.29, 0.717) is 11.3 Å². The standard InChI is InChI=1S/C11H12N4OS/c1-6(12)11-15-8(5-17-11)9(16)7-3-2-4-14-10(7)13/h2-6H,12H2,1H3,(H2,13,14). The van der Waals surface area contributed by atoms with Crippen LogP contribution in [0.15, 0.2) is 23.7 Å². The summed E-state index contributed by atoms with van der Waals surface area (Å²) in [6, 6.07) is 3.13. The summed E-state index contributed by atoms with van der Waals surface area (Å²) in [5, 5.41) is 2.42. The third-order valence-electron chi connectivity index (χ3n) is 2.23. The number of nitrogens with two attached hydrogens (primary N) is 2. The van der Waals surface area contributed by atoms with Crippen LogP contribution in [0.4, 0.5) is 5.82 Å². The maximum absolute atomic E-state index is 12.1. The van der Waals surface area contributed by atoms with Crippen LogP contribution in [0.5, 0.6) is 0 Å². The smallest absolute Gasteiger partial charge is 0.215 e. The maximum Gasteiger partial charge on any atom is 0.215 e. The average Bonchev–Trinajstić information content (AvgIpc) is 2.78. The monoisotopic (exact) mass is 248 g/mol. The molecule has 0 aliphatic carbocycles. The van der Waals surface area contributed by atoms with E-state index in [2.05, 4.69) is 9.97 Å². The van der Waals surface area contributed by atoms with E-state index in [-0.39, 0.29) is 17.6 Å². The predicted molar refractivity (Wildman–Crippen MR) is 66.8 cm³/mol. The molecule has 2 rings (SSSR count). The number of hydrogen-bond acceptors (Lipinski definition) is 6. The Hall–Kier alpha value is -1.79. The summed E-state index contributed by atoms with van der Waals surface area (Å²) in [5.74, 6) is -0.00778. The molecule has 17 heavy (non-hydrogen) atoms. The lowest BCUT2D eigenvalue weighted by atomic mass is 10.1. The first kappa shape index (κ1) is 11.7. The molecule has 0 aromatic carbocycles. The third-order valence-corrected chi connectivity index (χ3v) is 3.27. The number of rotatable bonds is 3. The summed E-state index contributed by atoms with van der Waals surface area (Å²) in [6.07, 6.45) is 1.54. The molecule has 2 aromatic rings. The van der Waals surface area contributed by atoms with E-state index in [9.17, 15) is 4.79 Å². The Morgan fingerprint density at radius 3 is 2.88 bits per heavy atom. The molecule has 0 spiro atoms. The number of thiazole rings is 1. The molecule has 0 aliphatic heterocycles. The largest absolute Gasteiger partial charge is 0.383 e. The van der Waals surface area contributed by atoms with Gasteiger partial charge in [-0.25, -0.2) is 9.97 Å². The Balaban J connectivity index is 2.34. The second kappa shape index (κ2) is 4.60. The number of carbonyl (C=O) groups excluding carboxylic acids is 1. The molecule has 1 unspecified atom stereocenters. The van der Waals surface area contributed by atoms with Crippen molar-refractivity contribution >= 4 is 22.9 Å². The van der Waals surface area contributed by atoms with Gasteiger partial charge in [-0.1, -0.05) is 0 Å². The summed E-state index contributed by atoms with van der Waals surface area (Å²) in [4.78, 5) is 20.1. The van der Waals surface area contributed by atoms with Crippen molar-refractivity contribution in [2.45, 2.75) is 13.0 Å². The molecule has 0 amide bonds. The quantitative estimate of drug-likeness (QED) is 0.800. The van der Waals surface area contributed by atoms with Gasteiger partial charge in [-0.05, 0) is 19.1 Å². The first-order chi connectivity index (χ1) is 8.09. The van der Waals surface area contributed by atoms with Crippen molar-refractivity contribution in [3.8, 4) is 0 Å². The van der Waals surface area contributed by atoms with Crippen LogP contribution in [0.3, 0.4) is 0 Å². The highest BCUT2D eigenvalue weighted by Gasteiger charge is 2.17. The van der Waals surface area contributed by atoms with E-state index >= 15 is 0 Å². The van der Waals surface area contributed by atoms with Gasteiger partial charge in [-0.15, -0.1) is 11.3 Å². The van der Waals surface area contributed by atoms with E-state index in [0.717, 1.165) is 5.01 Å². The van der Waals surface area contributed by atoms with Crippen molar-refractivity contribution in [2.75, 3.05) is 5.73 Å². The number of hydrogen-bond donors (Lipinski definition) is 2. The van der Waals surface area contributed by atoms with Crippen molar-refractivity contribution in [1.82, 2.24) is 9.97 Å². The minimum Gasteiger partial charge on any atom is -0.383 e. The number of pyridine rings is 1. The molecule has 0 aliphatic rings. The molecular formula is C11H12N4OS. The molecule has 1 atom stereocenters. The van der Waals surface area contributed by atoms with Gasteiger partial charge in [0.15, 0.2) is 0 Å². The minimum atomic E-state index is -0.223. The van der Waals surface area contributed by atoms with E-state index in [1.807, 2.05) is 6.92 Å². The van der Waals surface area contributed by atoms with Crippen LogP contribution in [0, 0.1) is 0 Å². The van der Waals surface area contributed by atoms with Gasteiger partial charge in [0.2, 0.25) is 5.78 Å². The number of nitrogens with zero attached hydrogens (tertiary/aromatic N) is 2. The zero-order chi connectivity index (χ0) is 12.4. The van der Waals surface area contributed by atoms with Crippen LogP contribution in [-0.2, 0) is 0 Å². The van der Waals surface area contributed by atoms with E-state index in [4.69, 9.17) is 11.5 Å². The van der Waals surface area contributed by atoms with Crippen LogP contribution in [0.2, 0.25) is 0 Å². The molecular weight excluding hydrogens is 236 g/mol. The number of nitrogen functional groups attached to an aromatic ring is 1. The Kier molecular flexibility index (Phi) is 3.16. The molecule has 6 heteroatoms. The van der Waals surface area contributed by atoms with Gasteiger partial charge in [0, 0.05) is 11.6 Å². The zero-order valence-electron chi connectivity index (χ0n) is 9.25. The van der Waals surface area contributed by atoms with Gasteiger partial charge in [-0.3, -0.25) is 4.79 Å². The first-order valence-corrected chi connectivity index (χ1v) is 5.93. The highest BCUT2D eigenvalue weighted by Crippen LogP contribution is 2.19. The van der Waals surface area contributed by atoms with Crippen molar-refractivity contribution in [3.05, 3.63) is 40.0 Å². The van der Waals surface area contributed by atoms with Gasteiger partial charge in [-0.2, -0.15) is 0 Å². The summed E-state index contributed by atoms with van der Waals surface area (Å²) >= 11 is 1.37. The average molecular weight is 248 g/mol. The fraction of sp³-hybridized carbons (Fsp3) is 0.182. The topological polar surface area (TPSA) is 94.9 Å². The fourth-order valence-electron chi connectivity index (χ4n) is 1.35. The van der Waals surface area contributed by atoms with Crippen LogP contribution in [-0.4, -0.2) is 15.8 Å². The van der Waals surface area contributed by atoms with Gasteiger partial charge in [0.05, 0.1) is 11.6 Å². The van der Waals surface area contributed by atoms with E-state index in [1.54, 1.807) is 23.7 Å². The molecule has 2 aromatic heterocycles. The highest BCUT2D eigenvalue weighted by atomic mass is 32.1. The van der Waals surface area contributed by atoms with Crippen molar-refractivity contribution in [3.63, 3.8) is 0 Å². The lowest BCUT2D eigenvalue weighted by Gasteiger charge is -2.01. The molecule has 88 valence electrons. The summed E-state index contributed by atoms with van der Waals surface area (Å²) in [7, 11) is 0. The van der Waals surface area contributed by atoms with Gasteiger partial charge in [0.1, 0.15) is 16.5 Å². The second-order valence-corrected chi connectivity index (χ2v) is 4.51. The molecule has 5 nitrogen and oxygen atoms in total. The van der Waals surface area contributed by atoms with Gasteiger partial charge in [0.25, 0.3) is 0 Å². The highest BCUT2D eigenvalue weighted by molar-refractivity contribution is 7.09. The zero-order valence-corrected chi connectivity index (χ0v) is 10.1. The molecule has 0 saturated heterocycles. The lowest BCUT2D eigenvalue weighted by Crippen LogP contribution is -2.09. The van der Waals surface area contributed by atoms with Crippen molar-refractivity contribution < 1.29 is 4.79 Å². The van der Waals surface area contributed by atoms with Crippen LogP contribution in [0.25, 0.3) is 0 Å². The first-order valence-electron chi connectivity index (χ1n) is 5.06. The minimum absolute atomic E-state index is 0.173. The Morgan fingerprint density at radius 2 is 2.29 bits per heavy atom. The van der Waals surface area contributed by atoms with E-state index < -0.39 is 0 Å². The fourth-order valence-corrected chi connectivity index (χ4v) is 2.11. The molecule has 0 saturated carbocycles.